The van der Waals surface area contributed by atoms with Crippen LogP contribution in [0.1, 0.15) is 80.1 Å². The minimum Gasteiger partial charge on any atom is -0.460 e. The van der Waals surface area contributed by atoms with Crippen LogP contribution in [0.3, 0.4) is 0 Å². The van der Waals surface area contributed by atoms with Crippen LogP contribution in [0.25, 0.3) is 0 Å². The van der Waals surface area contributed by atoms with Gasteiger partial charge in [0, 0.05) is 10.8 Å². The number of nitrogens with one attached hydrogen (secondary N) is 1. The van der Waals surface area contributed by atoms with Gasteiger partial charge in [-0.05, 0) is 73.0 Å². The number of ether oxygens (including phenoxy) is 2. The summed E-state index contributed by atoms with van der Waals surface area (Å²) < 4.78 is 12.5. The van der Waals surface area contributed by atoms with E-state index in [2.05, 4.69) is 51.9 Å². The highest BCUT2D eigenvalue weighted by molar-refractivity contribution is 8.33. The van der Waals surface area contributed by atoms with E-state index >= 15 is 0 Å². The van der Waals surface area contributed by atoms with E-state index in [1.807, 2.05) is 0 Å². The highest BCUT2D eigenvalue weighted by Gasteiger charge is 2.64. The van der Waals surface area contributed by atoms with Crippen LogP contribution in [0, 0.1) is 33.5 Å². The van der Waals surface area contributed by atoms with E-state index in [0.717, 1.165) is 25.7 Å². The van der Waals surface area contributed by atoms with Crippen molar-refractivity contribution in [3.8, 4) is 0 Å². The highest BCUT2D eigenvalue weighted by atomic mass is 32.2. The number of nitrogens with zero attached hydrogens (tertiary/aromatic N) is 1. The fraction of sp³-hybridized carbons (Fsp3) is 0.846. The summed E-state index contributed by atoms with van der Waals surface area (Å²) in [5.41, 5.74) is 0.353. The number of hydrogen-bond donors (Lipinski definition) is 1. The first kappa shape index (κ1) is 24.5. The molecule has 0 aromatic heterocycles. The summed E-state index contributed by atoms with van der Waals surface area (Å²) in [4.78, 5) is 30.3. The summed E-state index contributed by atoms with van der Waals surface area (Å²) in [6.07, 6.45) is 6.27. The van der Waals surface area contributed by atoms with Crippen LogP contribution in [-0.2, 0) is 19.1 Å². The van der Waals surface area contributed by atoms with Crippen molar-refractivity contribution in [1.82, 2.24) is 5.32 Å². The Hall–Kier alpha value is -1.15. The van der Waals surface area contributed by atoms with Crippen molar-refractivity contribution >= 4 is 45.3 Å². The Labute approximate surface area is 212 Å². The molecular weight excluding hydrogens is 468 g/mol. The standard InChI is InChI=1S/C26H38N2O4S2/c1-23(2)14-7-9-25(23,5)16(11-14)31-18(29)13-27-20-19(28-22(33)34-20)21(30)32-17-12-15-8-10-26(17,6)24(15,3)4/h14-17,19H,7-13H2,1-6H3,(H,28,33)/t14-,15-,16+,17+,19?,25+,26+/m0/s1. The SMILES string of the molecule is CC1(C)[C@H]2CC[C@]1(C)[C@H](OC(=O)CN=C1SC(=S)NC1C(=O)O[C@@H]1C[C@@H]3CC[C@@]1(C)C3(C)C)C2. The van der Waals surface area contributed by atoms with Gasteiger partial charge < -0.3 is 14.8 Å². The van der Waals surface area contributed by atoms with Gasteiger partial charge in [-0.3, -0.25) is 9.79 Å². The maximum Gasteiger partial charge on any atom is 0.335 e. The Morgan fingerprint density at radius 1 is 0.971 bits per heavy atom. The number of hydrogen-bond acceptors (Lipinski definition) is 7. The van der Waals surface area contributed by atoms with Crippen molar-refractivity contribution in [2.75, 3.05) is 6.54 Å². The lowest BCUT2D eigenvalue weighted by molar-refractivity contribution is -0.157. The van der Waals surface area contributed by atoms with E-state index in [1.165, 1.54) is 24.6 Å². The summed E-state index contributed by atoms with van der Waals surface area (Å²) in [5.74, 6) is 0.500. The van der Waals surface area contributed by atoms with Crippen LogP contribution < -0.4 is 5.32 Å². The van der Waals surface area contributed by atoms with Gasteiger partial charge in [0.15, 0.2) is 6.04 Å². The number of aliphatic imine (C=N–C) groups is 1. The molecule has 188 valence electrons. The van der Waals surface area contributed by atoms with E-state index in [9.17, 15) is 9.59 Å². The predicted octanol–water partition coefficient (Wildman–Crippen LogP) is 4.89. The second-order valence-electron chi connectivity index (χ2n) is 12.7. The van der Waals surface area contributed by atoms with Crippen molar-refractivity contribution in [3.63, 3.8) is 0 Å². The van der Waals surface area contributed by atoms with Crippen LogP contribution >= 0.6 is 24.0 Å². The topological polar surface area (TPSA) is 77.0 Å². The smallest absolute Gasteiger partial charge is 0.335 e. The van der Waals surface area contributed by atoms with Crippen molar-refractivity contribution in [2.45, 2.75) is 98.3 Å². The van der Waals surface area contributed by atoms with Gasteiger partial charge in [-0.2, -0.15) is 0 Å². The molecule has 4 bridgehead atoms. The van der Waals surface area contributed by atoms with E-state index < -0.39 is 6.04 Å². The summed E-state index contributed by atoms with van der Waals surface area (Å²) >= 11 is 6.54. The lowest BCUT2D eigenvalue weighted by Gasteiger charge is -2.38. The number of fused-ring (bicyclic) bond motifs is 4. The van der Waals surface area contributed by atoms with Gasteiger partial charge in [-0.1, -0.05) is 53.8 Å². The van der Waals surface area contributed by atoms with Crippen LogP contribution in [0.2, 0.25) is 0 Å². The van der Waals surface area contributed by atoms with Crippen LogP contribution in [0.15, 0.2) is 4.99 Å². The van der Waals surface area contributed by atoms with Crippen molar-refractivity contribution in [2.24, 2.45) is 38.5 Å². The molecule has 1 N–H and O–H groups in total. The molecule has 0 amide bonds. The fourth-order valence-electron chi connectivity index (χ4n) is 7.81. The van der Waals surface area contributed by atoms with Crippen LogP contribution in [0.5, 0.6) is 0 Å². The largest absolute Gasteiger partial charge is 0.460 e. The molecule has 1 saturated heterocycles. The first-order valence-electron chi connectivity index (χ1n) is 12.7. The average molecular weight is 507 g/mol. The van der Waals surface area contributed by atoms with Crippen molar-refractivity contribution < 1.29 is 19.1 Å². The maximum atomic E-state index is 13.2. The van der Waals surface area contributed by atoms with Gasteiger partial charge in [0.1, 0.15) is 28.1 Å². The van der Waals surface area contributed by atoms with E-state index in [4.69, 9.17) is 21.7 Å². The predicted molar refractivity (Wildman–Crippen MR) is 138 cm³/mol. The average Bonchev–Trinajstić information content (AvgIpc) is 3.41. The van der Waals surface area contributed by atoms with Gasteiger partial charge in [-0.15, -0.1) is 0 Å². The zero-order valence-electron chi connectivity index (χ0n) is 21.2. The second-order valence-corrected chi connectivity index (χ2v) is 14.4. The Morgan fingerprint density at radius 3 is 1.97 bits per heavy atom. The van der Waals surface area contributed by atoms with Gasteiger partial charge in [0.2, 0.25) is 0 Å². The molecule has 5 aliphatic rings. The molecule has 0 aromatic carbocycles. The van der Waals surface area contributed by atoms with E-state index in [0.29, 0.717) is 21.2 Å². The maximum absolute atomic E-state index is 13.2. The summed E-state index contributed by atoms with van der Waals surface area (Å²) in [5, 5.41) is 3.53. The molecule has 1 unspecified atom stereocenters. The molecule has 6 nitrogen and oxygen atoms in total. The van der Waals surface area contributed by atoms with Crippen LogP contribution in [-0.4, -0.2) is 46.1 Å². The molecule has 1 aliphatic heterocycles. The summed E-state index contributed by atoms with van der Waals surface area (Å²) in [7, 11) is 0. The second kappa shape index (κ2) is 7.92. The first-order chi connectivity index (χ1) is 15.8. The van der Waals surface area contributed by atoms with Gasteiger partial charge in [-0.25, -0.2) is 4.79 Å². The minimum absolute atomic E-state index is 0.00868. The molecule has 4 aliphatic carbocycles. The molecule has 5 fully saturated rings. The quantitative estimate of drug-likeness (QED) is 0.420. The third-order valence-electron chi connectivity index (χ3n) is 11.3. The molecule has 1 heterocycles. The zero-order chi connectivity index (χ0) is 24.7. The lowest BCUT2D eigenvalue weighted by Crippen LogP contribution is -2.44. The number of rotatable bonds is 5. The third-order valence-corrected chi connectivity index (χ3v) is 12.5. The Morgan fingerprint density at radius 2 is 1.50 bits per heavy atom. The fourth-order valence-corrected chi connectivity index (χ4v) is 8.95. The van der Waals surface area contributed by atoms with E-state index in [-0.39, 0.29) is 52.4 Å². The number of esters is 2. The van der Waals surface area contributed by atoms with E-state index in [1.54, 1.807) is 0 Å². The monoisotopic (exact) mass is 506 g/mol. The van der Waals surface area contributed by atoms with Crippen molar-refractivity contribution in [1.29, 1.82) is 0 Å². The first-order valence-corrected chi connectivity index (χ1v) is 13.9. The highest BCUT2D eigenvalue weighted by Crippen LogP contribution is 2.67. The van der Waals surface area contributed by atoms with Gasteiger partial charge >= 0.3 is 11.9 Å². The number of thioether (sulfide) groups is 1. The number of thiocarbonyl (C=S) groups is 1. The number of carbonyl (C=O) groups is 2. The molecule has 0 spiro atoms. The Balaban J connectivity index is 1.21. The Bertz CT molecular complexity index is 962. The molecule has 8 heteroatoms. The molecule has 5 rings (SSSR count). The molecule has 4 saturated carbocycles. The normalized spacial score (nSPS) is 44.5. The van der Waals surface area contributed by atoms with Gasteiger partial charge in [0.05, 0.1) is 0 Å². The summed E-state index contributed by atoms with van der Waals surface area (Å²) in [6, 6.07) is -0.741. The third kappa shape index (κ3) is 3.40. The summed E-state index contributed by atoms with van der Waals surface area (Å²) in [6.45, 7) is 13.6. The van der Waals surface area contributed by atoms with Crippen molar-refractivity contribution in [3.05, 3.63) is 0 Å². The molecule has 7 atom stereocenters. The Kier molecular flexibility index (Phi) is 5.72. The zero-order valence-corrected chi connectivity index (χ0v) is 22.9. The molecule has 0 radical (unpaired) electrons. The lowest BCUT2D eigenvalue weighted by atomic mass is 9.70. The van der Waals surface area contributed by atoms with Gasteiger partial charge in [0.25, 0.3) is 0 Å². The van der Waals surface area contributed by atoms with Crippen LogP contribution in [0.4, 0.5) is 0 Å². The molecule has 0 aromatic rings. The number of carbonyl (C=O) groups excluding carboxylic acids is 2. The molecular formula is C26H38N2O4S2. The minimum atomic E-state index is -0.741. The molecule has 34 heavy (non-hydrogen) atoms.